The van der Waals surface area contributed by atoms with Gasteiger partial charge in [0.15, 0.2) is 0 Å². The highest BCUT2D eigenvalue weighted by molar-refractivity contribution is 5.75. The summed E-state index contributed by atoms with van der Waals surface area (Å²) in [5.41, 5.74) is 0.852. The van der Waals surface area contributed by atoms with Crippen LogP contribution in [0.25, 0.3) is 0 Å². The standard InChI is InChI=1S/C17H35NO/c1-15(2,3)11-12-18-14(19)9-10-17(7,8)13-16(4,5)6/h9-13H2,1-8H3,(H,18,19). The van der Waals surface area contributed by atoms with E-state index >= 15 is 0 Å². The molecule has 0 aromatic rings. The van der Waals surface area contributed by atoms with Crippen molar-refractivity contribution in [1.82, 2.24) is 5.32 Å². The van der Waals surface area contributed by atoms with Gasteiger partial charge in [-0.3, -0.25) is 4.79 Å². The molecule has 0 unspecified atom stereocenters. The third-order valence-electron chi connectivity index (χ3n) is 3.23. The van der Waals surface area contributed by atoms with E-state index in [1.165, 1.54) is 0 Å². The van der Waals surface area contributed by atoms with Crippen LogP contribution < -0.4 is 5.32 Å². The molecule has 0 aromatic carbocycles. The van der Waals surface area contributed by atoms with Crippen LogP contribution in [-0.2, 0) is 4.79 Å². The van der Waals surface area contributed by atoms with Gasteiger partial charge in [0.1, 0.15) is 0 Å². The maximum Gasteiger partial charge on any atom is 0.220 e. The normalized spacial score (nSPS) is 13.5. The van der Waals surface area contributed by atoms with Crippen LogP contribution in [-0.4, -0.2) is 12.5 Å². The number of carbonyl (C=O) groups is 1. The van der Waals surface area contributed by atoms with Gasteiger partial charge in [-0.2, -0.15) is 0 Å². The molecule has 0 atom stereocenters. The Hall–Kier alpha value is -0.530. The number of hydrogen-bond donors (Lipinski definition) is 1. The molecular formula is C17H35NO. The maximum absolute atomic E-state index is 11.8. The average Bonchev–Trinajstić information content (AvgIpc) is 2.09. The third-order valence-corrected chi connectivity index (χ3v) is 3.23. The van der Waals surface area contributed by atoms with E-state index in [4.69, 9.17) is 0 Å². The Bertz CT molecular complexity index is 279. The van der Waals surface area contributed by atoms with Gasteiger partial charge in [0, 0.05) is 13.0 Å². The zero-order chi connectivity index (χ0) is 15.3. The summed E-state index contributed by atoms with van der Waals surface area (Å²) in [5.74, 6) is 0.200. The fourth-order valence-electron chi connectivity index (χ4n) is 2.64. The SMILES string of the molecule is CC(C)(C)CCNC(=O)CCC(C)(C)CC(C)(C)C. The van der Waals surface area contributed by atoms with Crippen molar-refractivity contribution in [3.63, 3.8) is 0 Å². The van der Waals surface area contributed by atoms with Crippen LogP contribution in [0.3, 0.4) is 0 Å². The monoisotopic (exact) mass is 269 g/mol. The molecule has 0 aliphatic heterocycles. The van der Waals surface area contributed by atoms with Crippen LogP contribution >= 0.6 is 0 Å². The molecule has 1 amide bonds. The molecule has 0 aromatic heterocycles. The van der Waals surface area contributed by atoms with E-state index in [1.807, 2.05) is 0 Å². The Balaban J connectivity index is 3.96. The predicted molar refractivity (Wildman–Crippen MR) is 84.2 cm³/mol. The van der Waals surface area contributed by atoms with Gasteiger partial charge >= 0.3 is 0 Å². The molecule has 1 N–H and O–H groups in total. The molecule has 0 saturated carbocycles. The summed E-state index contributed by atoms with van der Waals surface area (Å²) in [6, 6.07) is 0. The van der Waals surface area contributed by atoms with Crippen molar-refractivity contribution >= 4 is 5.91 Å². The number of rotatable bonds is 6. The van der Waals surface area contributed by atoms with Gasteiger partial charge in [-0.15, -0.1) is 0 Å². The molecule has 19 heavy (non-hydrogen) atoms. The average molecular weight is 269 g/mol. The van der Waals surface area contributed by atoms with Gasteiger partial charge < -0.3 is 5.32 Å². The van der Waals surface area contributed by atoms with Crippen LogP contribution in [0.1, 0.15) is 81.1 Å². The number of nitrogens with one attached hydrogen (secondary N) is 1. The molecule has 114 valence electrons. The Morgan fingerprint density at radius 2 is 1.37 bits per heavy atom. The first kappa shape index (κ1) is 18.5. The van der Waals surface area contributed by atoms with E-state index in [1.54, 1.807) is 0 Å². The van der Waals surface area contributed by atoms with Crippen molar-refractivity contribution < 1.29 is 4.79 Å². The van der Waals surface area contributed by atoms with Crippen molar-refractivity contribution in [3.05, 3.63) is 0 Å². The first-order valence-electron chi connectivity index (χ1n) is 7.58. The quantitative estimate of drug-likeness (QED) is 0.738. The summed E-state index contributed by atoms with van der Waals surface area (Å²) in [5, 5.41) is 3.04. The Morgan fingerprint density at radius 3 is 1.79 bits per heavy atom. The van der Waals surface area contributed by atoms with Gasteiger partial charge in [0.2, 0.25) is 5.91 Å². The lowest BCUT2D eigenvalue weighted by Crippen LogP contribution is -2.29. The van der Waals surface area contributed by atoms with E-state index in [0.717, 1.165) is 25.8 Å². The second-order valence-corrected chi connectivity index (χ2v) is 9.06. The maximum atomic E-state index is 11.8. The lowest BCUT2D eigenvalue weighted by Gasteiger charge is -2.32. The van der Waals surface area contributed by atoms with E-state index in [9.17, 15) is 4.79 Å². The van der Waals surface area contributed by atoms with Crippen LogP contribution in [0.4, 0.5) is 0 Å². The summed E-state index contributed by atoms with van der Waals surface area (Å²) in [6.07, 6.45) is 3.79. The zero-order valence-electron chi connectivity index (χ0n) is 14.4. The van der Waals surface area contributed by atoms with Crippen molar-refractivity contribution in [2.45, 2.75) is 81.1 Å². The van der Waals surface area contributed by atoms with Crippen molar-refractivity contribution in [1.29, 1.82) is 0 Å². The zero-order valence-corrected chi connectivity index (χ0v) is 14.4. The topological polar surface area (TPSA) is 29.1 Å². The molecule has 0 heterocycles. The summed E-state index contributed by atoms with van der Waals surface area (Å²) in [6.45, 7) is 18.7. The largest absolute Gasteiger partial charge is 0.356 e. The van der Waals surface area contributed by atoms with Crippen LogP contribution in [0.15, 0.2) is 0 Å². The molecule has 0 rings (SSSR count). The highest BCUT2D eigenvalue weighted by atomic mass is 16.1. The van der Waals surface area contributed by atoms with E-state index < -0.39 is 0 Å². The molecule has 0 fully saturated rings. The smallest absolute Gasteiger partial charge is 0.220 e. The lowest BCUT2D eigenvalue weighted by molar-refractivity contribution is -0.121. The summed E-state index contributed by atoms with van der Waals surface area (Å²) in [4.78, 5) is 11.8. The molecule has 2 heteroatoms. The van der Waals surface area contributed by atoms with Crippen LogP contribution in [0.5, 0.6) is 0 Å². The molecule has 0 aliphatic rings. The van der Waals surface area contributed by atoms with E-state index in [0.29, 0.717) is 17.3 Å². The van der Waals surface area contributed by atoms with Gasteiger partial charge in [-0.05, 0) is 35.5 Å². The molecular weight excluding hydrogens is 234 g/mol. The van der Waals surface area contributed by atoms with Crippen LogP contribution in [0.2, 0.25) is 0 Å². The van der Waals surface area contributed by atoms with Crippen molar-refractivity contribution in [3.8, 4) is 0 Å². The second kappa shape index (κ2) is 6.76. The Morgan fingerprint density at radius 1 is 0.842 bits per heavy atom. The molecule has 0 saturated heterocycles. The Kier molecular flexibility index (Phi) is 6.57. The fourth-order valence-corrected chi connectivity index (χ4v) is 2.64. The van der Waals surface area contributed by atoms with Crippen molar-refractivity contribution in [2.24, 2.45) is 16.2 Å². The molecule has 0 radical (unpaired) electrons. The molecule has 0 aliphatic carbocycles. The summed E-state index contributed by atoms with van der Waals surface area (Å²) >= 11 is 0. The van der Waals surface area contributed by atoms with Gasteiger partial charge in [0.25, 0.3) is 0 Å². The fraction of sp³-hybridized carbons (Fsp3) is 0.941. The minimum atomic E-state index is 0.200. The predicted octanol–water partition coefficient (Wildman–Crippen LogP) is 4.78. The Labute approximate surface area is 120 Å². The molecule has 2 nitrogen and oxygen atoms in total. The molecule has 0 spiro atoms. The van der Waals surface area contributed by atoms with Gasteiger partial charge in [-0.1, -0.05) is 55.4 Å². The molecule has 0 bridgehead atoms. The van der Waals surface area contributed by atoms with Crippen molar-refractivity contribution in [2.75, 3.05) is 6.54 Å². The van der Waals surface area contributed by atoms with E-state index in [-0.39, 0.29) is 11.3 Å². The first-order chi connectivity index (χ1) is 8.31. The van der Waals surface area contributed by atoms with Gasteiger partial charge in [-0.25, -0.2) is 0 Å². The summed E-state index contributed by atoms with van der Waals surface area (Å²) in [7, 11) is 0. The number of amides is 1. The lowest BCUT2D eigenvalue weighted by atomic mass is 9.74. The number of hydrogen-bond acceptors (Lipinski definition) is 1. The number of carbonyl (C=O) groups excluding carboxylic acids is 1. The third kappa shape index (κ3) is 12.3. The summed E-state index contributed by atoms with van der Waals surface area (Å²) < 4.78 is 0. The second-order valence-electron chi connectivity index (χ2n) is 9.06. The van der Waals surface area contributed by atoms with Gasteiger partial charge in [0.05, 0.1) is 0 Å². The first-order valence-corrected chi connectivity index (χ1v) is 7.58. The minimum absolute atomic E-state index is 0.200. The highest BCUT2D eigenvalue weighted by Crippen LogP contribution is 2.36. The highest BCUT2D eigenvalue weighted by Gasteiger charge is 2.25. The van der Waals surface area contributed by atoms with Crippen LogP contribution in [0, 0.1) is 16.2 Å². The van der Waals surface area contributed by atoms with E-state index in [2.05, 4.69) is 60.7 Å². The minimum Gasteiger partial charge on any atom is -0.356 e.